The van der Waals surface area contributed by atoms with Crippen LogP contribution in [-0.4, -0.2) is 76.8 Å². The Morgan fingerprint density at radius 1 is 0.830 bits per heavy atom. The first kappa shape index (κ1) is 38.5. The number of rotatable bonds is 16. The highest BCUT2D eigenvalue weighted by molar-refractivity contribution is 5.95. The molecule has 4 atom stereocenters. The van der Waals surface area contributed by atoms with E-state index in [2.05, 4.69) is 26.3 Å². The molecule has 0 saturated carbocycles. The molecule has 0 spiro atoms. The van der Waals surface area contributed by atoms with Gasteiger partial charge < -0.3 is 42.6 Å². The van der Waals surface area contributed by atoms with Crippen molar-refractivity contribution in [3.63, 3.8) is 0 Å². The monoisotopic (exact) mass is 722 g/mol. The fourth-order valence-electron chi connectivity index (χ4n) is 6.71. The van der Waals surface area contributed by atoms with Crippen molar-refractivity contribution < 1.29 is 24.0 Å². The van der Waals surface area contributed by atoms with Crippen LogP contribution >= 0.6 is 0 Å². The minimum atomic E-state index is -1.09. The van der Waals surface area contributed by atoms with Crippen LogP contribution in [0, 0.1) is 6.92 Å². The minimum Gasteiger partial charge on any atom is -0.361 e. The summed E-state index contributed by atoms with van der Waals surface area (Å²) in [4.78, 5) is 71.6. The molecule has 2 heterocycles. The van der Waals surface area contributed by atoms with Gasteiger partial charge in [0.15, 0.2) is 0 Å². The Kier molecular flexibility index (Phi) is 13.6. The maximum absolute atomic E-state index is 14.2. The lowest BCUT2D eigenvalue weighted by Crippen LogP contribution is -2.60. The summed E-state index contributed by atoms with van der Waals surface area (Å²) in [6.07, 6.45) is 4.70. The van der Waals surface area contributed by atoms with E-state index in [9.17, 15) is 24.0 Å². The molecule has 13 heteroatoms. The van der Waals surface area contributed by atoms with E-state index < -0.39 is 47.9 Å². The highest BCUT2D eigenvalue weighted by Gasteiger charge is 2.37. The molecule has 0 radical (unpaired) electrons. The van der Waals surface area contributed by atoms with Crippen molar-refractivity contribution in [3.05, 3.63) is 107 Å². The number of nitrogens with zero attached hydrogens (tertiary/aromatic N) is 1. The third kappa shape index (κ3) is 10.9. The molecule has 0 aliphatic carbocycles. The normalized spacial score (nSPS) is 15.9. The van der Waals surface area contributed by atoms with E-state index in [1.807, 2.05) is 85.8 Å². The number of amides is 6. The first-order valence-electron chi connectivity index (χ1n) is 18.2. The molecule has 280 valence electrons. The molecule has 5 rings (SSSR count). The van der Waals surface area contributed by atoms with Crippen LogP contribution in [-0.2, 0) is 38.6 Å². The van der Waals surface area contributed by atoms with E-state index in [1.165, 1.54) is 0 Å². The molecule has 3 aromatic carbocycles. The van der Waals surface area contributed by atoms with Crippen LogP contribution in [0.4, 0.5) is 4.79 Å². The van der Waals surface area contributed by atoms with Crippen LogP contribution in [0.15, 0.2) is 85.1 Å². The number of benzene rings is 3. The number of urea groups is 1. The number of primary amides is 1. The second-order valence-corrected chi connectivity index (χ2v) is 13.7. The lowest BCUT2D eigenvalue weighted by molar-refractivity contribution is -0.144. The van der Waals surface area contributed by atoms with Gasteiger partial charge in [-0.2, -0.15) is 0 Å². The topological polar surface area (TPSA) is 205 Å². The number of nitrogens with one attached hydrogen (secondary N) is 5. The zero-order valence-corrected chi connectivity index (χ0v) is 30.1. The van der Waals surface area contributed by atoms with Crippen LogP contribution in [0.25, 0.3) is 10.9 Å². The Bertz CT molecular complexity index is 1860. The number of likely N-dealkylation sites (tertiary alicyclic amines) is 1. The predicted molar refractivity (Wildman–Crippen MR) is 203 cm³/mol. The summed E-state index contributed by atoms with van der Waals surface area (Å²) in [7, 11) is 0. The van der Waals surface area contributed by atoms with Crippen LogP contribution < -0.4 is 32.7 Å². The number of hydrogen-bond donors (Lipinski definition) is 7. The zero-order chi connectivity index (χ0) is 37.7. The number of hydrogen-bond acceptors (Lipinski definition) is 6. The van der Waals surface area contributed by atoms with Crippen LogP contribution in [0.5, 0.6) is 0 Å². The van der Waals surface area contributed by atoms with Crippen molar-refractivity contribution in [2.75, 3.05) is 13.1 Å². The van der Waals surface area contributed by atoms with Gasteiger partial charge in [0.25, 0.3) is 0 Å². The van der Waals surface area contributed by atoms with Gasteiger partial charge in [0.2, 0.25) is 23.6 Å². The van der Waals surface area contributed by atoms with E-state index >= 15 is 0 Å². The summed E-state index contributed by atoms with van der Waals surface area (Å²) in [6.45, 7) is 2.81. The summed E-state index contributed by atoms with van der Waals surface area (Å²) in [5, 5.41) is 12.1. The molecule has 1 aromatic heterocycles. The van der Waals surface area contributed by atoms with Gasteiger partial charge in [0.1, 0.15) is 18.1 Å². The molecule has 9 N–H and O–H groups in total. The van der Waals surface area contributed by atoms with Gasteiger partial charge in [-0.25, -0.2) is 4.79 Å². The van der Waals surface area contributed by atoms with Gasteiger partial charge in [-0.3, -0.25) is 19.2 Å². The first-order chi connectivity index (χ1) is 25.6. The predicted octanol–water partition coefficient (Wildman–Crippen LogP) is 2.70. The molecular formula is C40H50N8O5. The molecule has 1 aliphatic heterocycles. The number of carbonyl (C=O) groups excluding carboxylic acids is 5. The molecule has 6 amide bonds. The van der Waals surface area contributed by atoms with Gasteiger partial charge in [0.05, 0.1) is 6.04 Å². The van der Waals surface area contributed by atoms with Crippen molar-refractivity contribution in [2.45, 2.75) is 82.6 Å². The number of para-hydroxylation sites is 1. The van der Waals surface area contributed by atoms with Gasteiger partial charge in [-0.05, 0) is 68.2 Å². The Morgan fingerprint density at radius 3 is 2.32 bits per heavy atom. The van der Waals surface area contributed by atoms with Crippen molar-refractivity contribution in [1.82, 2.24) is 31.2 Å². The summed E-state index contributed by atoms with van der Waals surface area (Å²) in [5.41, 5.74) is 16.2. The quantitative estimate of drug-likeness (QED) is 0.0866. The Hall–Kier alpha value is -5.69. The standard InChI is InChI=1S/C40H50N8O5/c1-26-16-18-28(19-17-26)24-45-36(49)33(14-9-20-43-40(42)53)46-37(50)34(23-29-25-44-32-13-6-5-12-30(29)32)47-38(51)35-15-7-8-21-48(35)39(52)31(41)22-27-10-3-2-4-11-27/h2-6,10-13,16-19,25,31,33-35,44H,7-9,14-15,20-24,41H2,1H3,(H,45,49)(H,46,50)(H,47,51)(H3,42,43,53)/t31-,33-,34?,35-/m0/s1. The number of aromatic amines is 1. The fraction of sp³-hybridized carbons (Fsp3) is 0.375. The number of aromatic nitrogens is 1. The molecule has 1 saturated heterocycles. The molecule has 0 bridgehead atoms. The number of aryl methyl sites for hydroxylation is 1. The molecular weight excluding hydrogens is 672 g/mol. The highest BCUT2D eigenvalue weighted by atomic mass is 16.2. The molecule has 53 heavy (non-hydrogen) atoms. The SMILES string of the molecule is Cc1ccc(CNC(=O)[C@H](CCCNC(N)=O)NC(=O)C(Cc2c[nH]c3ccccc23)NC(=O)[C@@H]2CCCCN2C(=O)[C@@H](N)Cc2ccccc2)cc1. The maximum atomic E-state index is 14.2. The fourth-order valence-corrected chi connectivity index (χ4v) is 6.71. The highest BCUT2D eigenvalue weighted by Crippen LogP contribution is 2.22. The van der Waals surface area contributed by atoms with E-state index in [4.69, 9.17) is 11.5 Å². The van der Waals surface area contributed by atoms with E-state index in [0.717, 1.165) is 46.0 Å². The summed E-state index contributed by atoms with van der Waals surface area (Å²) in [5.74, 6) is -1.75. The largest absolute Gasteiger partial charge is 0.361 e. The zero-order valence-electron chi connectivity index (χ0n) is 30.1. The lowest BCUT2D eigenvalue weighted by Gasteiger charge is -2.37. The summed E-state index contributed by atoms with van der Waals surface area (Å²) in [6, 6.07) is 20.5. The van der Waals surface area contributed by atoms with Crippen LogP contribution in [0.1, 0.15) is 54.4 Å². The Balaban J connectivity index is 1.34. The smallest absolute Gasteiger partial charge is 0.312 e. The molecule has 1 fully saturated rings. The molecule has 1 unspecified atom stereocenters. The van der Waals surface area contributed by atoms with Crippen molar-refractivity contribution in [1.29, 1.82) is 0 Å². The molecule has 13 nitrogen and oxygen atoms in total. The summed E-state index contributed by atoms with van der Waals surface area (Å²) >= 11 is 0. The van der Waals surface area contributed by atoms with Crippen LogP contribution in [0.3, 0.4) is 0 Å². The number of piperidine rings is 1. The maximum Gasteiger partial charge on any atom is 0.312 e. The van der Waals surface area contributed by atoms with Gasteiger partial charge in [-0.1, -0.05) is 78.4 Å². The van der Waals surface area contributed by atoms with Gasteiger partial charge in [-0.15, -0.1) is 0 Å². The third-order valence-corrected chi connectivity index (χ3v) is 9.63. The summed E-state index contributed by atoms with van der Waals surface area (Å²) < 4.78 is 0. The average Bonchev–Trinajstić information content (AvgIpc) is 3.57. The van der Waals surface area contributed by atoms with Crippen LogP contribution in [0.2, 0.25) is 0 Å². The average molecular weight is 723 g/mol. The van der Waals surface area contributed by atoms with Gasteiger partial charge >= 0.3 is 6.03 Å². The number of H-pyrrole nitrogens is 1. The van der Waals surface area contributed by atoms with E-state index in [-0.39, 0.29) is 31.8 Å². The number of carbonyl (C=O) groups is 5. The second kappa shape index (κ2) is 18.7. The minimum absolute atomic E-state index is 0.122. The first-order valence-corrected chi connectivity index (χ1v) is 18.2. The molecule has 1 aliphatic rings. The third-order valence-electron chi connectivity index (χ3n) is 9.63. The lowest BCUT2D eigenvalue weighted by atomic mass is 9.97. The van der Waals surface area contributed by atoms with Crippen molar-refractivity contribution in [3.8, 4) is 0 Å². The Morgan fingerprint density at radius 2 is 1.57 bits per heavy atom. The number of nitrogens with two attached hydrogens (primary N) is 2. The number of fused-ring (bicyclic) bond motifs is 1. The van der Waals surface area contributed by atoms with Gasteiger partial charge in [0, 0.05) is 43.2 Å². The molecule has 4 aromatic rings. The Labute approximate surface area is 309 Å². The second-order valence-electron chi connectivity index (χ2n) is 13.7. The van der Waals surface area contributed by atoms with E-state index in [0.29, 0.717) is 25.8 Å². The van der Waals surface area contributed by atoms with Crippen molar-refractivity contribution >= 4 is 40.6 Å². The van der Waals surface area contributed by atoms with Crippen molar-refractivity contribution in [2.24, 2.45) is 11.5 Å². The van der Waals surface area contributed by atoms with E-state index in [1.54, 1.807) is 11.1 Å².